The Morgan fingerprint density at radius 3 is 2.59 bits per heavy atom. The van der Waals surface area contributed by atoms with Crippen LogP contribution in [0.15, 0.2) is 0 Å². The predicted octanol–water partition coefficient (Wildman–Crippen LogP) is 1.65. The number of carbonyl (C=O) groups is 1. The van der Waals surface area contributed by atoms with E-state index in [1.165, 1.54) is 0 Å². The molecule has 0 heterocycles. The molecule has 0 aliphatic rings. The maximum Gasteiger partial charge on any atom is 0.220 e. The van der Waals surface area contributed by atoms with Crippen molar-refractivity contribution in [3.8, 4) is 0 Å². The molecule has 0 aromatic carbocycles. The van der Waals surface area contributed by atoms with Crippen LogP contribution in [0.1, 0.15) is 26.7 Å². The molecule has 0 rings (SSSR count). The third kappa shape index (κ3) is 11.6. The van der Waals surface area contributed by atoms with Crippen LogP contribution in [-0.2, 0) is 14.3 Å². The van der Waals surface area contributed by atoms with Crippen molar-refractivity contribution in [3.05, 3.63) is 6.92 Å². The molecule has 1 radical (unpaired) electrons. The average Bonchev–Trinajstić information content (AvgIpc) is 2.21. The zero-order valence-corrected chi connectivity index (χ0v) is 11.3. The molecule has 0 aliphatic carbocycles. The van der Waals surface area contributed by atoms with Gasteiger partial charge in [-0.1, -0.05) is 13.8 Å². The third-order valence-electron chi connectivity index (χ3n) is 2.28. The standard InChI is InChI=1S/C13H26NO3/c1-11(2)9-12(3)10-13(15)14-5-6-17-8-7-16-4/h11-12H,3,5-10H2,1-2,4H3,(H,14,15). The summed E-state index contributed by atoms with van der Waals surface area (Å²) in [7, 11) is 1.63. The van der Waals surface area contributed by atoms with E-state index in [0.29, 0.717) is 38.7 Å². The quantitative estimate of drug-likeness (QED) is 0.594. The van der Waals surface area contributed by atoms with Gasteiger partial charge in [0.15, 0.2) is 0 Å². The summed E-state index contributed by atoms with van der Waals surface area (Å²) in [5.74, 6) is 0.841. The van der Waals surface area contributed by atoms with Gasteiger partial charge in [0.05, 0.1) is 19.8 Å². The molecule has 17 heavy (non-hydrogen) atoms. The number of rotatable bonds is 10. The van der Waals surface area contributed by atoms with E-state index < -0.39 is 0 Å². The van der Waals surface area contributed by atoms with E-state index in [9.17, 15) is 4.79 Å². The SMILES string of the molecule is [CH2]C(CC(=O)NCCOCCOC)CC(C)C. The fourth-order valence-electron chi connectivity index (χ4n) is 1.59. The Morgan fingerprint density at radius 1 is 1.29 bits per heavy atom. The smallest absolute Gasteiger partial charge is 0.220 e. The molecule has 4 heteroatoms. The van der Waals surface area contributed by atoms with Crippen LogP contribution < -0.4 is 5.32 Å². The molecule has 0 aliphatic heterocycles. The second-order valence-electron chi connectivity index (χ2n) is 4.65. The van der Waals surface area contributed by atoms with E-state index in [1.54, 1.807) is 7.11 Å². The molecular formula is C13H26NO3. The van der Waals surface area contributed by atoms with Crippen molar-refractivity contribution < 1.29 is 14.3 Å². The van der Waals surface area contributed by atoms with Gasteiger partial charge in [0.1, 0.15) is 0 Å². The first-order valence-electron chi connectivity index (χ1n) is 6.22. The van der Waals surface area contributed by atoms with Crippen molar-refractivity contribution in [3.63, 3.8) is 0 Å². The van der Waals surface area contributed by atoms with E-state index in [4.69, 9.17) is 9.47 Å². The maximum atomic E-state index is 11.5. The highest BCUT2D eigenvalue weighted by Crippen LogP contribution is 2.13. The minimum absolute atomic E-state index is 0.0565. The van der Waals surface area contributed by atoms with E-state index >= 15 is 0 Å². The van der Waals surface area contributed by atoms with Gasteiger partial charge in [-0.15, -0.1) is 0 Å². The van der Waals surface area contributed by atoms with Gasteiger partial charge in [-0.2, -0.15) is 0 Å². The lowest BCUT2D eigenvalue weighted by molar-refractivity contribution is -0.122. The molecular weight excluding hydrogens is 218 g/mol. The molecule has 1 N–H and O–H groups in total. The molecule has 4 nitrogen and oxygen atoms in total. The van der Waals surface area contributed by atoms with Gasteiger partial charge in [-0.3, -0.25) is 4.79 Å². The van der Waals surface area contributed by atoms with Crippen molar-refractivity contribution in [1.82, 2.24) is 5.32 Å². The molecule has 1 unspecified atom stereocenters. The lowest BCUT2D eigenvalue weighted by Gasteiger charge is -2.13. The zero-order valence-electron chi connectivity index (χ0n) is 11.3. The number of ether oxygens (including phenoxy) is 2. The monoisotopic (exact) mass is 244 g/mol. The summed E-state index contributed by atoms with van der Waals surface area (Å²) < 4.78 is 10.1. The van der Waals surface area contributed by atoms with Gasteiger partial charge in [0.25, 0.3) is 0 Å². The highest BCUT2D eigenvalue weighted by Gasteiger charge is 2.10. The normalized spacial score (nSPS) is 12.8. The number of carbonyl (C=O) groups excluding carboxylic acids is 1. The van der Waals surface area contributed by atoms with E-state index in [-0.39, 0.29) is 11.8 Å². The third-order valence-corrected chi connectivity index (χ3v) is 2.28. The van der Waals surface area contributed by atoms with Gasteiger partial charge in [-0.25, -0.2) is 0 Å². The minimum Gasteiger partial charge on any atom is -0.382 e. The first kappa shape index (κ1) is 16.4. The second-order valence-corrected chi connectivity index (χ2v) is 4.65. The largest absolute Gasteiger partial charge is 0.382 e. The molecule has 0 saturated heterocycles. The Labute approximate surface area is 105 Å². The van der Waals surface area contributed by atoms with Crippen LogP contribution in [0.25, 0.3) is 0 Å². The summed E-state index contributed by atoms with van der Waals surface area (Å²) in [6.45, 7) is 10.5. The Balaban J connectivity index is 3.40. The van der Waals surface area contributed by atoms with Crippen LogP contribution in [0.4, 0.5) is 0 Å². The predicted molar refractivity (Wildman–Crippen MR) is 68.6 cm³/mol. The number of amides is 1. The van der Waals surface area contributed by atoms with E-state index in [2.05, 4.69) is 26.1 Å². The molecule has 0 saturated carbocycles. The molecule has 1 amide bonds. The van der Waals surface area contributed by atoms with Crippen molar-refractivity contribution in [2.45, 2.75) is 26.7 Å². The average molecular weight is 244 g/mol. The number of hydrogen-bond donors (Lipinski definition) is 1. The van der Waals surface area contributed by atoms with E-state index in [1.807, 2.05) is 0 Å². The molecule has 0 spiro atoms. The molecule has 0 fully saturated rings. The van der Waals surface area contributed by atoms with Crippen LogP contribution in [-0.4, -0.2) is 39.4 Å². The van der Waals surface area contributed by atoms with Gasteiger partial charge in [0.2, 0.25) is 5.91 Å². The van der Waals surface area contributed by atoms with Gasteiger partial charge >= 0.3 is 0 Å². The lowest BCUT2D eigenvalue weighted by atomic mass is 9.96. The maximum absolute atomic E-state index is 11.5. The zero-order chi connectivity index (χ0) is 13.1. The first-order chi connectivity index (χ1) is 8.06. The molecule has 101 valence electrons. The highest BCUT2D eigenvalue weighted by atomic mass is 16.5. The highest BCUT2D eigenvalue weighted by molar-refractivity contribution is 5.76. The van der Waals surface area contributed by atoms with Gasteiger partial charge in [-0.05, 0) is 25.2 Å². The molecule has 0 aromatic heterocycles. The van der Waals surface area contributed by atoms with E-state index in [0.717, 1.165) is 6.42 Å². The fourth-order valence-corrected chi connectivity index (χ4v) is 1.59. The van der Waals surface area contributed by atoms with Gasteiger partial charge < -0.3 is 14.8 Å². The Hall–Kier alpha value is -0.610. The van der Waals surface area contributed by atoms with Gasteiger partial charge in [0, 0.05) is 20.1 Å². The number of methoxy groups -OCH3 is 1. The summed E-state index contributed by atoms with van der Waals surface area (Å²) in [4.78, 5) is 11.5. The number of hydrogen-bond acceptors (Lipinski definition) is 3. The minimum atomic E-state index is 0.0565. The summed E-state index contributed by atoms with van der Waals surface area (Å²) in [5, 5.41) is 2.82. The van der Waals surface area contributed by atoms with Crippen LogP contribution >= 0.6 is 0 Å². The lowest BCUT2D eigenvalue weighted by Crippen LogP contribution is -2.29. The van der Waals surface area contributed by atoms with Crippen LogP contribution in [0.2, 0.25) is 0 Å². The fraction of sp³-hybridized carbons (Fsp3) is 0.846. The Morgan fingerprint density at radius 2 is 2.00 bits per heavy atom. The Kier molecular flexibility index (Phi) is 10.2. The molecule has 0 aromatic rings. The summed E-state index contributed by atoms with van der Waals surface area (Å²) in [5.41, 5.74) is 0. The van der Waals surface area contributed by atoms with Crippen LogP contribution in [0.3, 0.4) is 0 Å². The van der Waals surface area contributed by atoms with Crippen LogP contribution in [0, 0.1) is 18.8 Å². The first-order valence-corrected chi connectivity index (χ1v) is 6.22. The van der Waals surface area contributed by atoms with Crippen LogP contribution in [0.5, 0.6) is 0 Å². The topological polar surface area (TPSA) is 47.6 Å². The van der Waals surface area contributed by atoms with Crippen molar-refractivity contribution >= 4 is 5.91 Å². The number of nitrogens with one attached hydrogen (secondary N) is 1. The van der Waals surface area contributed by atoms with Crippen molar-refractivity contribution in [2.75, 3.05) is 33.5 Å². The van der Waals surface area contributed by atoms with Crippen molar-refractivity contribution in [1.29, 1.82) is 0 Å². The summed E-state index contributed by atoms with van der Waals surface area (Å²) in [6.07, 6.45) is 1.48. The second kappa shape index (κ2) is 10.5. The molecule has 1 atom stereocenters. The molecule has 0 bridgehead atoms. The summed E-state index contributed by atoms with van der Waals surface area (Å²) in [6, 6.07) is 0. The summed E-state index contributed by atoms with van der Waals surface area (Å²) >= 11 is 0. The van der Waals surface area contributed by atoms with Crippen molar-refractivity contribution in [2.24, 2.45) is 11.8 Å². The Bertz CT molecular complexity index is 195.